The average molecular weight is 540 g/mol. The van der Waals surface area contributed by atoms with Crippen LogP contribution >= 0.6 is 0 Å². The SMILES string of the molecule is CCOc1cc(-c2ccc(N3CCC(Cc4ccccc4)(NC(=O)CCO)CC3)nc2)c2c3cn[nH]c3nn2c1. The van der Waals surface area contributed by atoms with Gasteiger partial charge in [0.25, 0.3) is 0 Å². The Labute approximate surface area is 232 Å². The fourth-order valence-electron chi connectivity index (χ4n) is 5.69. The second kappa shape index (κ2) is 11.0. The minimum atomic E-state index is -0.354. The van der Waals surface area contributed by atoms with E-state index >= 15 is 0 Å². The monoisotopic (exact) mass is 539 g/mol. The van der Waals surface area contributed by atoms with Crippen molar-refractivity contribution in [1.29, 1.82) is 0 Å². The number of ether oxygens (including phenoxy) is 1. The summed E-state index contributed by atoms with van der Waals surface area (Å²) >= 11 is 0. The zero-order valence-electron chi connectivity index (χ0n) is 22.5. The number of hydrogen-bond donors (Lipinski definition) is 3. The predicted molar refractivity (Wildman–Crippen MR) is 153 cm³/mol. The summed E-state index contributed by atoms with van der Waals surface area (Å²) in [5.41, 5.74) is 4.44. The number of aromatic amines is 1. The summed E-state index contributed by atoms with van der Waals surface area (Å²) < 4.78 is 7.65. The van der Waals surface area contributed by atoms with Crippen LogP contribution in [-0.2, 0) is 11.2 Å². The van der Waals surface area contributed by atoms with Crippen LogP contribution in [0.2, 0.25) is 0 Å². The number of H-pyrrole nitrogens is 1. The second-order valence-electron chi connectivity index (χ2n) is 10.3. The summed E-state index contributed by atoms with van der Waals surface area (Å²) in [5, 5.41) is 25.2. The maximum Gasteiger partial charge on any atom is 0.222 e. The van der Waals surface area contributed by atoms with Gasteiger partial charge in [0.1, 0.15) is 11.6 Å². The van der Waals surface area contributed by atoms with Gasteiger partial charge >= 0.3 is 0 Å². The number of fused-ring (bicyclic) bond motifs is 3. The number of nitrogens with one attached hydrogen (secondary N) is 2. The van der Waals surface area contributed by atoms with Gasteiger partial charge in [-0.05, 0) is 49.9 Å². The smallest absolute Gasteiger partial charge is 0.222 e. The van der Waals surface area contributed by atoms with E-state index in [1.165, 1.54) is 5.56 Å². The first kappa shape index (κ1) is 25.8. The molecule has 10 nitrogen and oxygen atoms in total. The van der Waals surface area contributed by atoms with Crippen LogP contribution in [0.15, 0.2) is 67.1 Å². The van der Waals surface area contributed by atoms with Gasteiger partial charge < -0.3 is 20.1 Å². The van der Waals surface area contributed by atoms with E-state index in [9.17, 15) is 9.90 Å². The highest BCUT2D eigenvalue weighted by Gasteiger charge is 2.36. The lowest BCUT2D eigenvalue weighted by Gasteiger charge is -2.43. The topological polar surface area (TPSA) is 121 Å². The van der Waals surface area contributed by atoms with Crippen molar-refractivity contribution in [2.75, 3.05) is 31.2 Å². The number of carbonyl (C=O) groups is 1. The molecule has 6 rings (SSSR count). The predicted octanol–water partition coefficient (Wildman–Crippen LogP) is 3.75. The molecule has 1 saturated heterocycles. The fourth-order valence-corrected chi connectivity index (χ4v) is 5.69. The van der Waals surface area contributed by atoms with E-state index in [4.69, 9.17) is 9.72 Å². The maximum absolute atomic E-state index is 12.5. The molecule has 40 heavy (non-hydrogen) atoms. The van der Waals surface area contributed by atoms with Gasteiger partial charge in [-0.2, -0.15) is 5.10 Å². The van der Waals surface area contributed by atoms with Crippen molar-refractivity contribution < 1.29 is 14.6 Å². The Hall–Kier alpha value is -4.44. The van der Waals surface area contributed by atoms with Crippen molar-refractivity contribution in [3.8, 4) is 16.9 Å². The first-order chi connectivity index (χ1) is 19.6. The van der Waals surface area contributed by atoms with Crippen LogP contribution in [-0.4, -0.2) is 67.7 Å². The molecule has 0 saturated carbocycles. The number of aliphatic hydroxyl groups excluding tert-OH is 1. The number of anilines is 1. The number of piperidine rings is 1. The Morgan fingerprint density at radius 2 is 1.98 bits per heavy atom. The highest BCUT2D eigenvalue weighted by atomic mass is 16.5. The second-order valence-corrected chi connectivity index (χ2v) is 10.3. The summed E-state index contributed by atoms with van der Waals surface area (Å²) in [6.45, 7) is 3.90. The lowest BCUT2D eigenvalue weighted by Crippen LogP contribution is -2.57. The van der Waals surface area contributed by atoms with Gasteiger partial charge in [0.15, 0.2) is 5.65 Å². The molecule has 0 radical (unpaired) electrons. The summed E-state index contributed by atoms with van der Waals surface area (Å²) in [7, 11) is 0. The number of aromatic nitrogens is 5. The highest BCUT2D eigenvalue weighted by molar-refractivity contribution is 6.00. The molecule has 3 N–H and O–H groups in total. The third-order valence-corrected chi connectivity index (χ3v) is 7.65. The average Bonchev–Trinajstić information content (AvgIpc) is 3.55. The van der Waals surface area contributed by atoms with E-state index < -0.39 is 0 Å². The third-order valence-electron chi connectivity index (χ3n) is 7.65. The van der Waals surface area contributed by atoms with Gasteiger partial charge in [-0.1, -0.05) is 30.3 Å². The first-order valence-electron chi connectivity index (χ1n) is 13.7. The Morgan fingerprint density at radius 3 is 2.70 bits per heavy atom. The minimum absolute atomic E-state index is 0.110. The molecular formula is C30H33N7O3. The standard InChI is InChI=1S/C30H33N7O3/c1-2-40-23-16-24(28-25-19-32-34-29(25)35-37(28)20-23)22-8-9-26(31-18-22)36-13-11-30(12-14-36,33-27(39)10-15-38)17-21-6-4-3-5-7-21/h3-9,16,18-20,38H,2,10-15,17H2,1H3,(H,33,39)(H,34,35). The van der Waals surface area contributed by atoms with Gasteiger partial charge in [0.2, 0.25) is 5.91 Å². The Morgan fingerprint density at radius 1 is 1.15 bits per heavy atom. The number of carbonyl (C=O) groups excluding carboxylic acids is 1. The largest absolute Gasteiger partial charge is 0.492 e. The number of amides is 1. The normalized spacial score (nSPS) is 15.0. The summed E-state index contributed by atoms with van der Waals surface area (Å²) in [5.74, 6) is 1.53. The summed E-state index contributed by atoms with van der Waals surface area (Å²) in [6.07, 6.45) is 8.01. The van der Waals surface area contributed by atoms with Crippen molar-refractivity contribution in [2.24, 2.45) is 0 Å². The molecule has 1 fully saturated rings. The molecule has 1 aliphatic heterocycles. The van der Waals surface area contributed by atoms with E-state index in [0.29, 0.717) is 6.61 Å². The van der Waals surface area contributed by atoms with E-state index in [1.807, 2.05) is 48.1 Å². The number of aliphatic hydroxyl groups is 1. The Bertz CT molecular complexity index is 1600. The lowest BCUT2D eigenvalue weighted by atomic mass is 9.81. The van der Waals surface area contributed by atoms with E-state index in [0.717, 1.165) is 71.6 Å². The number of rotatable bonds is 9. The van der Waals surface area contributed by atoms with Crippen molar-refractivity contribution in [3.63, 3.8) is 0 Å². The van der Waals surface area contributed by atoms with Crippen molar-refractivity contribution in [2.45, 2.75) is 38.1 Å². The molecule has 4 aromatic heterocycles. The molecule has 5 aromatic rings. The number of pyridine rings is 2. The van der Waals surface area contributed by atoms with Crippen LogP contribution in [0.4, 0.5) is 5.82 Å². The molecule has 0 unspecified atom stereocenters. The van der Waals surface area contributed by atoms with Crippen LogP contribution in [0.25, 0.3) is 27.7 Å². The molecule has 0 spiro atoms. The zero-order valence-corrected chi connectivity index (χ0v) is 22.5. The zero-order chi connectivity index (χ0) is 27.5. The van der Waals surface area contributed by atoms with Gasteiger partial charge in [0.05, 0.1) is 36.5 Å². The summed E-state index contributed by atoms with van der Waals surface area (Å²) in [4.78, 5) is 19.6. The number of hydrogen-bond acceptors (Lipinski definition) is 7. The highest BCUT2D eigenvalue weighted by Crippen LogP contribution is 2.34. The Balaban J connectivity index is 1.24. The van der Waals surface area contributed by atoms with Crippen molar-refractivity contribution in [3.05, 3.63) is 72.7 Å². The molecule has 0 aliphatic carbocycles. The lowest BCUT2D eigenvalue weighted by molar-refractivity contribution is -0.124. The van der Waals surface area contributed by atoms with Crippen LogP contribution in [0.5, 0.6) is 5.75 Å². The van der Waals surface area contributed by atoms with Gasteiger partial charge in [-0.15, -0.1) is 5.10 Å². The molecule has 1 amide bonds. The van der Waals surface area contributed by atoms with Gasteiger partial charge in [-0.25, -0.2) is 9.50 Å². The Kier molecular flexibility index (Phi) is 7.08. The van der Waals surface area contributed by atoms with Crippen LogP contribution in [0.1, 0.15) is 31.7 Å². The quantitative estimate of drug-likeness (QED) is 0.261. The first-order valence-corrected chi connectivity index (χ1v) is 13.7. The molecule has 1 aromatic carbocycles. The molecule has 0 atom stereocenters. The third kappa shape index (κ3) is 5.10. The minimum Gasteiger partial charge on any atom is -0.492 e. The summed E-state index contributed by atoms with van der Waals surface area (Å²) in [6, 6.07) is 16.4. The van der Waals surface area contributed by atoms with E-state index in [2.05, 4.69) is 49.8 Å². The number of nitrogens with zero attached hydrogens (tertiary/aromatic N) is 5. The molecule has 0 bridgehead atoms. The van der Waals surface area contributed by atoms with Crippen LogP contribution in [0.3, 0.4) is 0 Å². The van der Waals surface area contributed by atoms with Crippen LogP contribution < -0.4 is 15.0 Å². The van der Waals surface area contributed by atoms with Gasteiger partial charge in [-0.3, -0.25) is 9.89 Å². The molecule has 10 heteroatoms. The van der Waals surface area contributed by atoms with Crippen molar-refractivity contribution >= 4 is 28.3 Å². The molecule has 5 heterocycles. The maximum atomic E-state index is 12.5. The van der Waals surface area contributed by atoms with E-state index in [1.54, 1.807) is 6.20 Å². The fraction of sp³-hybridized carbons (Fsp3) is 0.333. The molecular weight excluding hydrogens is 506 g/mol. The van der Waals surface area contributed by atoms with E-state index in [-0.39, 0.29) is 24.5 Å². The van der Waals surface area contributed by atoms with Crippen LogP contribution in [0, 0.1) is 0 Å². The molecule has 1 aliphatic rings. The molecule has 206 valence electrons. The van der Waals surface area contributed by atoms with Crippen molar-refractivity contribution in [1.82, 2.24) is 30.1 Å². The number of benzene rings is 1. The van der Waals surface area contributed by atoms with Gasteiger partial charge in [0, 0.05) is 42.4 Å².